The number of nitrogens with zero attached hydrogens (tertiary/aromatic N) is 1. The Hall–Kier alpha value is 0.0700. The molecule has 3 nitrogen and oxygen atoms in total. The second kappa shape index (κ2) is 8.20. The first kappa shape index (κ1) is 16.1. The highest BCUT2D eigenvalue weighted by Gasteiger charge is 2.25. The fraction of sp³-hybridized carbons (Fsp3) is 0.909. The van der Waals surface area contributed by atoms with Gasteiger partial charge in [-0.1, -0.05) is 13.8 Å². The summed E-state index contributed by atoms with van der Waals surface area (Å²) >= 11 is 2.00. The molecular weight excluding hydrogens is 244 g/mol. The molecule has 0 aliphatic carbocycles. The largest absolute Gasteiger partial charge is 0.340 e. The second-order valence-corrected chi connectivity index (χ2v) is 5.55. The van der Waals surface area contributed by atoms with Gasteiger partial charge in [-0.05, 0) is 13.5 Å². The summed E-state index contributed by atoms with van der Waals surface area (Å²) in [5.41, 5.74) is 0. The molecule has 1 aliphatic rings. The van der Waals surface area contributed by atoms with E-state index in [-0.39, 0.29) is 18.3 Å². The number of hydrogen-bond acceptors (Lipinski definition) is 3. The van der Waals surface area contributed by atoms with Gasteiger partial charge in [0, 0.05) is 36.6 Å². The predicted octanol–water partition coefficient (Wildman–Crippen LogP) is 1.62. The third-order valence-electron chi connectivity index (χ3n) is 2.84. The van der Waals surface area contributed by atoms with Crippen molar-refractivity contribution in [1.29, 1.82) is 0 Å². The summed E-state index contributed by atoms with van der Waals surface area (Å²) in [6.45, 7) is 6.84. The molecule has 1 aliphatic heterocycles. The van der Waals surface area contributed by atoms with Crippen LogP contribution >= 0.6 is 24.2 Å². The molecule has 1 saturated heterocycles. The van der Waals surface area contributed by atoms with Gasteiger partial charge < -0.3 is 10.2 Å². The van der Waals surface area contributed by atoms with E-state index in [0.29, 0.717) is 11.2 Å². The Bertz CT molecular complexity index is 216. The zero-order chi connectivity index (χ0) is 11.3. The van der Waals surface area contributed by atoms with E-state index in [1.165, 1.54) is 0 Å². The number of carbonyl (C=O) groups is 1. The SMILES string of the molecule is CCC1CN(C(=O)C(C)CNC)CCS1.Cl. The quantitative estimate of drug-likeness (QED) is 0.839. The number of rotatable bonds is 4. The molecule has 2 unspecified atom stereocenters. The lowest BCUT2D eigenvalue weighted by Crippen LogP contribution is -2.45. The number of halogens is 1. The summed E-state index contributed by atoms with van der Waals surface area (Å²) < 4.78 is 0. The van der Waals surface area contributed by atoms with Crippen LogP contribution in [0.4, 0.5) is 0 Å². The Morgan fingerprint density at radius 2 is 2.31 bits per heavy atom. The van der Waals surface area contributed by atoms with Crippen LogP contribution in [-0.4, -0.2) is 48.5 Å². The average Bonchev–Trinajstić information content (AvgIpc) is 2.28. The van der Waals surface area contributed by atoms with Crippen LogP contribution in [0.2, 0.25) is 0 Å². The molecule has 0 radical (unpaired) electrons. The Morgan fingerprint density at radius 1 is 1.62 bits per heavy atom. The van der Waals surface area contributed by atoms with Gasteiger partial charge >= 0.3 is 0 Å². The van der Waals surface area contributed by atoms with Crippen LogP contribution in [0.25, 0.3) is 0 Å². The molecule has 16 heavy (non-hydrogen) atoms. The van der Waals surface area contributed by atoms with Crippen LogP contribution in [0.3, 0.4) is 0 Å². The van der Waals surface area contributed by atoms with Crippen LogP contribution in [0.15, 0.2) is 0 Å². The number of thioether (sulfide) groups is 1. The van der Waals surface area contributed by atoms with Gasteiger partial charge in [-0.2, -0.15) is 11.8 Å². The first-order chi connectivity index (χ1) is 7.19. The van der Waals surface area contributed by atoms with E-state index in [2.05, 4.69) is 12.2 Å². The van der Waals surface area contributed by atoms with Gasteiger partial charge in [-0.25, -0.2) is 0 Å². The summed E-state index contributed by atoms with van der Waals surface area (Å²) in [5, 5.41) is 3.70. The van der Waals surface area contributed by atoms with E-state index in [1.54, 1.807) is 0 Å². The Kier molecular flexibility index (Phi) is 8.24. The first-order valence-corrected chi connectivity index (χ1v) is 6.78. The summed E-state index contributed by atoms with van der Waals surface area (Å²) in [6.07, 6.45) is 1.16. The summed E-state index contributed by atoms with van der Waals surface area (Å²) in [4.78, 5) is 14.1. The minimum absolute atomic E-state index is 0. The van der Waals surface area contributed by atoms with Gasteiger partial charge in [-0.15, -0.1) is 12.4 Å². The molecule has 1 amide bonds. The Morgan fingerprint density at radius 3 is 2.88 bits per heavy atom. The first-order valence-electron chi connectivity index (χ1n) is 5.74. The zero-order valence-corrected chi connectivity index (χ0v) is 12.0. The highest BCUT2D eigenvalue weighted by Crippen LogP contribution is 2.22. The predicted molar refractivity (Wildman–Crippen MR) is 73.5 cm³/mol. The molecule has 0 aromatic heterocycles. The Labute approximate surface area is 109 Å². The molecule has 1 fully saturated rings. The van der Waals surface area contributed by atoms with Crippen molar-refractivity contribution in [3.05, 3.63) is 0 Å². The Balaban J connectivity index is 0.00000225. The average molecular weight is 267 g/mol. The van der Waals surface area contributed by atoms with Crippen molar-refractivity contribution in [1.82, 2.24) is 10.2 Å². The summed E-state index contributed by atoms with van der Waals surface area (Å²) in [5.74, 6) is 1.51. The van der Waals surface area contributed by atoms with Crippen LogP contribution in [0.5, 0.6) is 0 Å². The molecule has 1 heterocycles. The fourth-order valence-corrected chi connectivity index (χ4v) is 3.05. The van der Waals surface area contributed by atoms with Crippen molar-refractivity contribution in [2.45, 2.75) is 25.5 Å². The topological polar surface area (TPSA) is 32.3 Å². The number of nitrogens with one attached hydrogen (secondary N) is 1. The lowest BCUT2D eigenvalue weighted by atomic mass is 10.1. The number of amides is 1. The number of hydrogen-bond donors (Lipinski definition) is 1. The van der Waals surface area contributed by atoms with Crippen molar-refractivity contribution in [3.8, 4) is 0 Å². The fourth-order valence-electron chi connectivity index (χ4n) is 1.87. The molecule has 0 saturated carbocycles. The van der Waals surface area contributed by atoms with E-state index in [4.69, 9.17) is 0 Å². The smallest absolute Gasteiger partial charge is 0.226 e. The maximum atomic E-state index is 12.0. The van der Waals surface area contributed by atoms with E-state index in [9.17, 15) is 4.79 Å². The molecule has 2 atom stereocenters. The van der Waals surface area contributed by atoms with E-state index in [1.807, 2.05) is 30.6 Å². The van der Waals surface area contributed by atoms with Crippen molar-refractivity contribution in [2.75, 3.05) is 32.4 Å². The van der Waals surface area contributed by atoms with Gasteiger partial charge in [0.25, 0.3) is 0 Å². The molecule has 1 rings (SSSR count). The van der Waals surface area contributed by atoms with Crippen LogP contribution in [0.1, 0.15) is 20.3 Å². The molecule has 0 aromatic carbocycles. The van der Waals surface area contributed by atoms with Crippen LogP contribution < -0.4 is 5.32 Å². The molecule has 5 heteroatoms. The molecule has 96 valence electrons. The normalized spacial score (nSPS) is 22.4. The third-order valence-corrected chi connectivity index (χ3v) is 4.21. The standard InChI is InChI=1S/C11H22N2OS.ClH/c1-4-10-8-13(5-6-15-10)11(14)9(2)7-12-3;/h9-10,12H,4-8H2,1-3H3;1H. The molecular formula is C11H23ClN2OS. The highest BCUT2D eigenvalue weighted by molar-refractivity contribution is 8.00. The maximum Gasteiger partial charge on any atom is 0.226 e. The van der Waals surface area contributed by atoms with Gasteiger partial charge in [0.15, 0.2) is 0 Å². The molecule has 1 N–H and O–H groups in total. The van der Waals surface area contributed by atoms with Crippen LogP contribution in [0, 0.1) is 5.92 Å². The summed E-state index contributed by atoms with van der Waals surface area (Å²) in [7, 11) is 1.89. The lowest BCUT2D eigenvalue weighted by Gasteiger charge is -2.33. The second-order valence-electron chi connectivity index (χ2n) is 4.14. The van der Waals surface area contributed by atoms with Crippen molar-refractivity contribution >= 4 is 30.1 Å². The summed E-state index contributed by atoms with van der Waals surface area (Å²) in [6, 6.07) is 0. The van der Waals surface area contributed by atoms with Gasteiger partial charge in [0.1, 0.15) is 0 Å². The van der Waals surface area contributed by atoms with Crippen molar-refractivity contribution in [3.63, 3.8) is 0 Å². The van der Waals surface area contributed by atoms with Gasteiger partial charge in [0.2, 0.25) is 5.91 Å². The van der Waals surface area contributed by atoms with Crippen molar-refractivity contribution < 1.29 is 4.79 Å². The third kappa shape index (κ3) is 4.52. The van der Waals surface area contributed by atoms with Crippen molar-refractivity contribution in [2.24, 2.45) is 5.92 Å². The van der Waals surface area contributed by atoms with Gasteiger partial charge in [0.05, 0.1) is 0 Å². The van der Waals surface area contributed by atoms with Gasteiger partial charge in [-0.3, -0.25) is 4.79 Å². The van der Waals surface area contributed by atoms with E-state index >= 15 is 0 Å². The molecule has 0 aromatic rings. The molecule has 0 spiro atoms. The number of carbonyl (C=O) groups excluding carboxylic acids is 1. The minimum atomic E-state index is 0. The monoisotopic (exact) mass is 266 g/mol. The minimum Gasteiger partial charge on any atom is -0.340 e. The highest BCUT2D eigenvalue weighted by atomic mass is 35.5. The maximum absolute atomic E-state index is 12.0. The lowest BCUT2D eigenvalue weighted by molar-refractivity contribution is -0.134. The van der Waals surface area contributed by atoms with Crippen LogP contribution in [-0.2, 0) is 4.79 Å². The van der Waals surface area contributed by atoms with E-state index < -0.39 is 0 Å². The van der Waals surface area contributed by atoms with E-state index in [0.717, 1.165) is 31.8 Å². The molecule has 0 bridgehead atoms. The zero-order valence-electron chi connectivity index (χ0n) is 10.4.